The third-order valence-corrected chi connectivity index (χ3v) is 8.01. The summed E-state index contributed by atoms with van der Waals surface area (Å²) in [5.41, 5.74) is 9.01. The third kappa shape index (κ3) is 3.68. The van der Waals surface area contributed by atoms with Crippen LogP contribution in [0.5, 0.6) is 0 Å². The average molecular weight is 487 g/mol. The van der Waals surface area contributed by atoms with Crippen molar-refractivity contribution in [2.75, 3.05) is 10.7 Å². The number of nitro benzene ring substituents is 1. The fourth-order valence-corrected chi connectivity index (χ4v) is 6.50. The minimum absolute atomic E-state index is 0.0401. The van der Waals surface area contributed by atoms with Gasteiger partial charge >= 0.3 is 0 Å². The Morgan fingerprint density at radius 3 is 2.88 bits per heavy atom. The zero-order valence-corrected chi connectivity index (χ0v) is 19.5. The Hall–Kier alpha value is -2.80. The Labute approximate surface area is 198 Å². The number of nitro groups is 1. The van der Waals surface area contributed by atoms with Crippen LogP contribution in [0.3, 0.4) is 0 Å². The number of ketones is 1. The molecule has 0 radical (unpaired) electrons. The number of non-ortho nitro benzene ring substituents is 1. The molecule has 10 heteroatoms. The van der Waals surface area contributed by atoms with Crippen LogP contribution in [0.25, 0.3) is 0 Å². The van der Waals surface area contributed by atoms with Gasteiger partial charge in [0, 0.05) is 29.8 Å². The first-order valence-electron chi connectivity index (χ1n) is 9.99. The summed E-state index contributed by atoms with van der Waals surface area (Å²) in [7, 11) is 0. The number of benzene rings is 1. The fraction of sp³-hybridized carbons (Fsp3) is 0.273. The van der Waals surface area contributed by atoms with Crippen LogP contribution < -0.4 is 10.6 Å². The van der Waals surface area contributed by atoms with Gasteiger partial charge in [-0.15, -0.1) is 23.1 Å². The topological polar surface area (TPSA) is 113 Å². The van der Waals surface area contributed by atoms with Crippen molar-refractivity contribution in [1.29, 1.82) is 5.26 Å². The van der Waals surface area contributed by atoms with Crippen LogP contribution in [0.4, 0.5) is 11.4 Å². The number of rotatable bonds is 5. The first-order chi connectivity index (χ1) is 15.4. The molecule has 164 valence electrons. The standard InChI is InChI=1S/C22H19ClN4O3S2/c1-2-31-22-13(8-9-32-22)19-14(11-24)21(25)26(16-4-3-5-18(28)20(16)19)17-10-12(27(29)30)6-7-15(17)23/h6-10,19H,2-5,25H2,1H3/t19-/m1/s1. The lowest BCUT2D eigenvalue weighted by atomic mass is 9.76. The summed E-state index contributed by atoms with van der Waals surface area (Å²) in [6, 6.07) is 8.23. The minimum atomic E-state index is -0.558. The van der Waals surface area contributed by atoms with Crippen LogP contribution in [0, 0.1) is 21.4 Å². The predicted octanol–water partition coefficient (Wildman–Crippen LogP) is 5.73. The zero-order valence-electron chi connectivity index (χ0n) is 17.1. The maximum atomic E-state index is 13.2. The summed E-state index contributed by atoms with van der Waals surface area (Å²) in [5, 5.41) is 23.7. The van der Waals surface area contributed by atoms with Crippen molar-refractivity contribution in [2.45, 2.75) is 36.3 Å². The quantitative estimate of drug-likeness (QED) is 0.326. The van der Waals surface area contributed by atoms with Gasteiger partial charge in [-0.25, -0.2) is 0 Å². The Bertz CT molecular complexity index is 1230. The highest BCUT2D eigenvalue weighted by Gasteiger charge is 2.42. The normalized spacial score (nSPS) is 18.6. The number of thioether (sulfide) groups is 1. The van der Waals surface area contributed by atoms with Gasteiger partial charge in [-0.1, -0.05) is 18.5 Å². The average Bonchev–Trinajstić information content (AvgIpc) is 3.22. The Morgan fingerprint density at radius 1 is 1.41 bits per heavy atom. The molecular weight excluding hydrogens is 468 g/mol. The Morgan fingerprint density at radius 2 is 2.19 bits per heavy atom. The van der Waals surface area contributed by atoms with Crippen molar-refractivity contribution in [3.05, 3.63) is 73.0 Å². The highest BCUT2D eigenvalue weighted by molar-refractivity contribution is 8.01. The molecule has 0 amide bonds. The lowest BCUT2D eigenvalue weighted by Crippen LogP contribution is -2.38. The molecule has 2 aromatic rings. The number of hydrogen-bond acceptors (Lipinski definition) is 8. The van der Waals surface area contributed by atoms with Crippen molar-refractivity contribution in [1.82, 2.24) is 0 Å². The molecule has 2 N–H and O–H groups in total. The van der Waals surface area contributed by atoms with Crippen LogP contribution in [-0.4, -0.2) is 16.5 Å². The van der Waals surface area contributed by atoms with Gasteiger partial charge < -0.3 is 5.73 Å². The maximum Gasteiger partial charge on any atom is 0.271 e. The molecule has 2 heterocycles. The number of carbonyl (C=O) groups excluding carboxylic acids is 1. The largest absolute Gasteiger partial charge is 0.384 e. The summed E-state index contributed by atoms with van der Waals surface area (Å²) >= 11 is 9.66. The molecule has 1 aromatic heterocycles. The van der Waals surface area contributed by atoms with E-state index in [-0.39, 0.29) is 27.9 Å². The molecule has 0 unspecified atom stereocenters. The summed E-state index contributed by atoms with van der Waals surface area (Å²) in [4.78, 5) is 25.6. The predicted molar refractivity (Wildman–Crippen MR) is 127 cm³/mol. The molecule has 0 bridgehead atoms. The van der Waals surface area contributed by atoms with Crippen molar-refractivity contribution < 1.29 is 9.72 Å². The van der Waals surface area contributed by atoms with Gasteiger partial charge in [0.2, 0.25) is 0 Å². The number of hydrogen-bond donors (Lipinski definition) is 1. The summed E-state index contributed by atoms with van der Waals surface area (Å²) in [6.45, 7) is 2.05. The summed E-state index contributed by atoms with van der Waals surface area (Å²) < 4.78 is 1.05. The van der Waals surface area contributed by atoms with E-state index in [4.69, 9.17) is 17.3 Å². The van der Waals surface area contributed by atoms with E-state index >= 15 is 0 Å². The molecule has 0 fully saturated rings. The molecule has 0 saturated heterocycles. The number of nitrogens with zero attached hydrogens (tertiary/aromatic N) is 3. The molecule has 32 heavy (non-hydrogen) atoms. The number of halogens is 1. The fourth-order valence-electron chi connectivity index (χ4n) is 4.23. The number of nitriles is 1. The smallest absolute Gasteiger partial charge is 0.271 e. The molecule has 0 spiro atoms. The van der Waals surface area contributed by atoms with E-state index in [1.54, 1.807) is 28.0 Å². The van der Waals surface area contributed by atoms with Crippen LogP contribution in [0.1, 0.15) is 37.7 Å². The molecule has 7 nitrogen and oxygen atoms in total. The number of Topliss-reactive ketones (excluding diaryl/α,β-unsaturated/α-hetero) is 1. The van der Waals surface area contributed by atoms with Gasteiger partial charge in [-0.05, 0) is 41.7 Å². The lowest BCUT2D eigenvalue weighted by molar-refractivity contribution is -0.384. The van der Waals surface area contributed by atoms with Crippen LogP contribution in [0.15, 0.2) is 56.5 Å². The van der Waals surface area contributed by atoms with Gasteiger partial charge in [0.15, 0.2) is 5.78 Å². The molecule has 0 saturated carbocycles. The minimum Gasteiger partial charge on any atom is -0.384 e. The van der Waals surface area contributed by atoms with Gasteiger partial charge in [0.1, 0.15) is 5.82 Å². The maximum absolute atomic E-state index is 13.2. The number of carbonyl (C=O) groups is 1. The summed E-state index contributed by atoms with van der Waals surface area (Å²) in [5.74, 6) is 0.405. The van der Waals surface area contributed by atoms with Gasteiger partial charge in [0.05, 0.1) is 37.4 Å². The number of thiophene rings is 1. The highest BCUT2D eigenvalue weighted by atomic mass is 35.5. The molecule has 1 aromatic carbocycles. The van der Waals surface area contributed by atoms with E-state index in [1.165, 1.54) is 18.2 Å². The molecule has 1 aliphatic heterocycles. The van der Waals surface area contributed by atoms with Crippen LogP contribution >= 0.6 is 34.7 Å². The second-order valence-electron chi connectivity index (χ2n) is 7.31. The summed E-state index contributed by atoms with van der Waals surface area (Å²) in [6.07, 6.45) is 1.56. The molecule has 2 aliphatic rings. The number of anilines is 1. The van der Waals surface area contributed by atoms with Crippen molar-refractivity contribution >= 4 is 51.9 Å². The third-order valence-electron chi connectivity index (χ3n) is 5.54. The van der Waals surface area contributed by atoms with E-state index in [1.807, 2.05) is 18.4 Å². The van der Waals surface area contributed by atoms with Crippen molar-refractivity contribution in [3.8, 4) is 6.07 Å². The Balaban J connectivity index is 1.98. The van der Waals surface area contributed by atoms with Gasteiger partial charge in [-0.2, -0.15) is 5.26 Å². The first-order valence-corrected chi connectivity index (χ1v) is 12.2. The van der Waals surface area contributed by atoms with Crippen molar-refractivity contribution in [3.63, 3.8) is 0 Å². The number of allylic oxidation sites excluding steroid dienone is 3. The lowest BCUT2D eigenvalue weighted by Gasteiger charge is -2.39. The van der Waals surface area contributed by atoms with Crippen LogP contribution in [-0.2, 0) is 4.79 Å². The van der Waals surface area contributed by atoms with E-state index in [0.29, 0.717) is 36.2 Å². The monoisotopic (exact) mass is 486 g/mol. The Kier molecular flexibility index (Phi) is 6.29. The highest BCUT2D eigenvalue weighted by Crippen LogP contribution is 2.50. The SMILES string of the molecule is CCSc1sccc1[C@@H]1C(C#N)=C(N)N(c2cc([N+](=O)[O-])ccc2Cl)C2=C1C(=O)CCC2. The first kappa shape index (κ1) is 22.4. The van der Waals surface area contributed by atoms with E-state index in [2.05, 4.69) is 6.07 Å². The van der Waals surface area contributed by atoms with Gasteiger partial charge in [0.25, 0.3) is 5.69 Å². The van der Waals surface area contributed by atoms with Crippen LogP contribution in [0.2, 0.25) is 5.02 Å². The molecular formula is C22H19ClN4O3S2. The van der Waals surface area contributed by atoms with Crippen molar-refractivity contribution in [2.24, 2.45) is 5.73 Å². The molecule has 4 rings (SSSR count). The van der Waals surface area contributed by atoms with E-state index in [0.717, 1.165) is 15.5 Å². The van der Waals surface area contributed by atoms with E-state index < -0.39 is 10.8 Å². The second-order valence-corrected chi connectivity index (χ2v) is 10.2. The zero-order chi connectivity index (χ0) is 23.0. The van der Waals surface area contributed by atoms with E-state index in [9.17, 15) is 20.2 Å². The molecule has 1 atom stereocenters. The van der Waals surface area contributed by atoms with Gasteiger partial charge in [-0.3, -0.25) is 19.8 Å². The second kappa shape index (κ2) is 8.98. The molecule has 1 aliphatic carbocycles. The number of nitrogens with two attached hydrogens (primary N) is 1.